The Morgan fingerprint density at radius 1 is 1.10 bits per heavy atom. The van der Waals surface area contributed by atoms with Gasteiger partial charge in [-0.25, -0.2) is 0 Å². The summed E-state index contributed by atoms with van der Waals surface area (Å²) in [4.78, 5) is 34.8. The number of benzene rings is 1. The number of rotatable bonds is 5. The zero-order chi connectivity index (χ0) is 15.3. The van der Waals surface area contributed by atoms with Crippen molar-refractivity contribution in [2.75, 3.05) is 5.88 Å². The first kappa shape index (κ1) is 16.4. The predicted molar refractivity (Wildman–Crippen MR) is 76.2 cm³/mol. The largest absolute Gasteiger partial charge is 0.426 e. The molecule has 5 heteroatoms. The monoisotopic (exact) mass is 296 g/mol. The second-order valence-corrected chi connectivity index (χ2v) is 5.73. The van der Waals surface area contributed by atoms with Gasteiger partial charge in [-0.15, -0.1) is 11.6 Å². The van der Waals surface area contributed by atoms with Crippen LogP contribution in [0.15, 0.2) is 24.3 Å². The molecule has 0 atom stereocenters. The molecule has 0 heterocycles. The first-order valence-corrected chi connectivity index (χ1v) is 6.75. The summed E-state index contributed by atoms with van der Waals surface area (Å²) in [6.07, 6.45) is 0.0150. The Morgan fingerprint density at radius 3 is 2.10 bits per heavy atom. The molecule has 0 N–H and O–H groups in total. The zero-order valence-electron chi connectivity index (χ0n) is 11.7. The summed E-state index contributed by atoms with van der Waals surface area (Å²) in [7, 11) is 0. The second-order valence-electron chi connectivity index (χ2n) is 5.36. The fourth-order valence-corrected chi connectivity index (χ4v) is 1.47. The number of ether oxygens (including phenoxy) is 1. The van der Waals surface area contributed by atoms with Gasteiger partial charge < -0.3 is 4.74 Å². The molecule has 1 aromatic rings. The molecule has 0 aromatic heterocycles. The summed E-state index contributed by atoms with van der Waals surface area (Å²) < 4.78 is 5.17. The molecule has 20 heavy (non-hydrogen) atoms. The lowest BCUT2D eigenvalue weighted by molar-refractivity contribution is -0.143. The number of alkyl halides is 1. The van der Waals surface area contributed by atoms with Crippen molar-refractivity contribution in [3.63, 3.8) is 0 Å². The van der Waals surface area contributed by atoms with E-state index in [1.165, 1.54) is 24.3 Å². The van der Waals surface area contributed by atoms with Crippen molar-refractivity contribution < 1.29 is 19.1 Å². The third kappa shape index (κ3) is 4.46. The van der Waals surface area contributed by atoms with Crippen molar-refractivity contribution in [2.24, 2.45) is 5.41 Å². The smallest absolute Gasteiger partial charge is 0.316 e. The standard InChI is InChI=1S/C15H17ClO4/c1-15(2,3)14(19)20-11-6-4-10(5-7-11)13(18)12(17)8-9-16/h4-7H,8-9H2,1-3H3. The molecule has 0 aliphatic rings. The van der Waals surface area contributed by atoms with E-state index in [-0.39, 0.29) is 23.8 Å². The van der Waals surface area contributed by atoms with Crippen molar-refractivity contribution >= 4 is 29.1 Å². The van der Waals surface area contributed by atoms with Gasteiger partial charge in [0, 0.05) is 17.9 Å². The SMILES string of the molecule is CC(C)(C)C(=O)Oc1ccc(C(=O)C(=O)CCCl)cc1. The van der Waals surface area contributed by atoms with Crippen molar-refractivity contribution in [1.82, 2.24) is 0 Å². The Kier molecular flexibility index (Phi) is 5.45. The van der Waals surface area contributed by atoms with E-state index in [2.05, 4.69) is 0 Å². The maximum absolute atomic E-state index is 11.7. The van der Waals surface area contributed by atoms with Gasteiger partial charge in [0.25, 0.3) is 0 Å². The van der Waals surface area contributed by atoms with Crippen molar-refractivity contribution in [3.05, 3.63) is 29.8 Å². The molecule has 108 valence electrons. The van der Waals surface area contributed by atoms with Gasteiger partial charge in [0.2, 0.25) is 11.6 Å². The van der Waals surface area contributed by atoms with Crippen LogP contribution in [0.5, 0.6) is 5.75 Å². The van der Waals surface area contributed by atoms with Crippen LogP contribution in [0, 0.1) is 5.41 Å². The number of hydrogen-bond donors (Lipinski definition) is 0. The fourth-order valence-electron chi connectivity index (χ4n) is 1.29. The van der Waals surface area contributed by atoms with E-state index in [9.17, 15) is 14.4 Å². The molecular formula is C15H17ClO4. The highest BCUT2D eigenvalue weighted by atomic mass is 35.5. The van der Waals surface area contributed by atoms with Crippen LogP contribution in [-0.2, 0) is 9.59 Å². The van der Waals surface area contributed by atoms with E-state index in [4.69, 9.17) is 16.3 Å². The summed E-state index contributed by atoms with van der Waals surface area (Å²) in [6.45, 7) is 5.24. The first-order chi connectivity index (χ1) is 9.25. The zero-order valence-corrected chi connectivity index (χ0v) is 12.5. The van der Waals surface area contributed by atoms with Gasteiger partial charge in [-0.05, 0) is 45.0 Å². The van der Waals surface area contributed by atoms with E-state index in [0.29, 0.717) is 5.75 Å². The topological polar surface area (TPSA) is 60.4 Å². The molecule has 0 unspecified atom stereocenters. The summed E-state index contributed by atoms with van der Waals surface area (Å²) in [6, 6.07) is 5.90. The minimum absolute atomic E-state index is 0.0150. The van der Waals surface area contributed by atoms with Crippen LogP contribution >= 0.6 is 11.6 Å². The summed E-state index contributed by atoms with van der Waals surface area (Å²) in [5, 5.41) is 0. The average molecular weight is 297 g/mol. The highest BCUT2D eigenvalue weighted by Crippen LogP contribution is 2.20. The molecule has 0 amide bonds. The molecule has 0 saturated heterocycles. The minimum atomic E-state index is -0.606. The Hall–Kier alpha value is -1.68. The molecule has 0 saturated carbocycles. The quantitative estimate of drug-likeness (QED) is 0.275. The lowest BCUT2D eigenvalue weighted by Gasteiger charge is -2.16. The van der Waals surface area contributed by atoms with Crippen LogP contribution < -0.4 is 4.74 Å². The summed E-state index contributed by atoms with van der Waals surface area (Å²) in [5.41, 5.74) is -0.346. The van der Waals surface area contributed by atoms with Gasteiger partial charge in [-0.2, -0.15) is 0 Å². The molecule has 0 aliphatic carbocycles. The maximum Gasteiger partial charge on any atom is 0.316 e. The number of carbonyl (C=O) groups excluding carboxylic acids is 3. The van der Waals surface area contributed by atoms with Crippen LogP contribution in [0.4, 0.5) is 0 Å². The molecule has 0 radical (unpaired) electrons. The first-order valence-electron chi connectivity index (χ1n) is 6.21. The normalized spacial score (nSPS) is 11.0. The number of esters is 1. The lowest BCUT2D eigenvalue weighted by Crippen LogP contribution is -2.25. The van der Waals surface area contributed by atoms with Crippen LogP contribution in [0.25, 0.3) is 0 Å². The molecule has 4 nitrogen and oxygen atoms in total. The van der Waals surface area contributed by atoms with E-state index >= 15 is 0 Å². The van der Waals surface area contributed by atoms with Crippen LogP contribution in [0.1, 0.15) is 37.6 Å². The third-order valence-corrected chi connectivity index (χ3v) is 2.70. The number of hydrogen-bond acceptors (Lipinski definition) is 4. The van der Waals surface area contributed by atoms with Gasteiger partial charge in [0.1, 0.15) is 5.75 Å². The molecule has 0 spiro atoms. The molecular weight excluding hydrogens is 280 g/mol. The predicted octanol–water partition coefficient (Wildman–Crippen LogP) is 3.02. The summed E-state index contributed by atoms with van der Waals surface area (Å²) in [5.74, 6) is -1.02. The maximum atomic E-state index is 11.7. The molecule has 0 aliphatic heterocycles. The Labute approximate surface area is 123 Å². The highest BCUT2D eigenvalue weighted by molar-refractivity contribution is 6.44. The number of halogens is 1. The van der Waals surface area contributed by atoms with Gasteiger partial charge in [0.15, 0.2) is 0 Å². The lowest BCUT2D eigenvalue weighted by atomic mass is 9.97. The van der Waals surface area contributed by atoms with Crippen molar-refractivity contribution in [1.29, 1.82) is 0 Å². The molecule has 0 bridgehead atoms. The fraction of sp³-hybridized carbons (Fsp3) is 0.400. The van der Waals surface area contributed by atoms with Crippen molar-refractivity contribution in [2.45, 2.75) is 27.2 Å². The summed E-state index contributed by atoms with van der Waals surface area (Å²) >= 11 is 5.42. The van der Waals surface area contributed by atoms with Gasteiger partial charge in [-0.1, -0.05) is 0 Å². The van der Waals surface area contributed by atoms with E-state index in [0.717, 1.165) is 0 Å². The molecule has 1 aromatic carbocycles. The minimum Gasteiger partial charge on any atom is -0.426 e. The van der Waals surface area contributed by atoms with E-state index in [1.54, 1.807) is 20.8 Å². The van der Waals surface area contributed by atoms with Crippen LogP contribution in [0.2, 0.25) is 0 Å². The number of carbonyl (C=O) groups is 3. The van der Waals surface area contributed by atoms with Crippen LogP contribution in [-0.4, -0.2) is 23.4 Å². The van der Waals surface area contributed by atoms with Gasteiger partial charge in [0.05, 0.1) is 5.41 Å². The molecule has 0 fully saturated rings. The van der Waals surface area contributed by atoms with Crippen molar-refractivity contribution in [3.8, 4) is 5.75 Å². The molecule has 1 rings (SSSR count). The Balaban J connectivity index is 2.77. The van der Waals surface area contributed by atoms with Gasteiger partial charge in [-0.3, -0.25) is 14.4 Å². The van der Waals surface area contributed by atoms with Gasteiger partial charge >= 0.3 is 5.97 Å². The second kappa shape index (κ2) is 6.66. The Bertz CT molecular complexity index is 512. The Morgan fingerprint density at radius 2 is 1.65 bits per heavy atom. The van der Waals surface area contributed by atoms with E-state index in [1.807, 2.05) is 0 Å². The third-order valence-electron chi connectivity index (χ3n) is 2.51. The highest BCUT2D eigenvalue weighted by Gasteiger charge is 2.24. The van der Waals surface area contributed by atoms with Crippen LogP contribution in [0.3, 0.4) is 0 Å². The average Bonchev–Trinajstić information content (AvgIpc) is 2.38. The number of Topliss-reactive ketones (excluding diaryl/α,β-unsaturated/α-hetero) is 2. The number of ketones is 2. The van der Waals surface area contributed by atoms with E-state index < -0.39 is 17.0 Å².